The Hall–Kier alpha value is -2.58. The molecule has 0 saturated carbocycles. The molecule has 1 spiro atoms. The molecule has 8 heteroatoms. The zero-order chi connectivity index (χ0) is 23.2. The van der Waals surface area contributed by atoms with Gasteiger partial charge in [0.2, 0.25) is 17.7 Å². The number of thioether (sulfide) groups is 1. The summed E-state index contributed by atoms with van der Waals surface area (Å²) < 4.78 is -0.633. The minimum atomic E-state index is -0.715. The SMILES string of the molecule is CCCNC(=O)[C@@H]1[C@H]2C(=O)N(CCO)C(C(=O)Nc3ccc4ccccc4c3)C23CC[C@H]1S3. The fourth-order valence-corrected chi connectivity index (χ4v) is 8.17. The van der Waals surface area contributed by atoms with E-state index in [2.05, 4.69) is 10.6 Å². The molecule has 5 atom stereocenters. The molecule has 2 aromatic carbocycles. The molecule has 3 aliphatic rings. The minimum absolute atomic E-state index is 0.0445. The van der Waals surface area contributed by atoms with Crippen LogP contribution in [0.1, 0.15) is 26.2 Å². The number of anilines is 1. The number of aliphatic hydroxyl groups is 1. The maximum Gasteiger partial charge on any atom is 0.248 e. The van der Waals surface area contributed by atoms with Crippen LogP contribution in [0.15, 0.2) is 42.5 Å². The number of fused-ring (bicyclic) bond motifs is 2. The van der Waals surface area contributed by atoms with E-state index >= 15 is 0 Å². The van der Waals surface area contributed by atoms with Gasteiger partial charge in [0.1, 0.15) is 6.04 Å². The number of nitrogens with zero attached hydrogens (tertiary/aromatic N) is 1. The first-order valence-electron chi connectivity index (χ1n) is 11.7. The fraction of sp³-hybridized carbons (Fsp3) is 0.480. The van der Waals surface area contributed by atoms with Crippen LogP contribution >= 0.6 is 11.8 Å². The molecule has 3 amide bonds. The lowest BCUT2D eigenvalue weighted by molar-refractivity contribution is -0.139. The van der Waals surface area contributed by atoms with Crippen LogP contribution in [0.2, 0.25) is 0 Å². The van der Waals surface area contributed by atoms with Crippen LogP contribution in [0, 0.1) is 11.8 Å². The second kappa shape index (κ2) is 8.65. The maximum atomic E-state index is 13.7. The molecule has 5 rings (SSSR count). The monoisotopic (exact) mass is 467 g/mol. The first-order valence-corrected chi connectivity index (χ1v) is 12.5. The van der Waals surface area contributed by atoms with Crippen molar-refractivity contribution in [2.75, 3.05) is 25.0 Å². The molecule has 3 heterocycles. The molecule has 0 aliphatic carbocycles. The average molecular weight is 468 g/mol. The summed E-state index contributed by atoms with van der Waals surface area (Å²) in [5, 5.41) is 17.8. The quantitative estimate of drug-likeness (QED) is 0.581. The predicted octanol–water partition coefficient (Wildman–Crippen LogP) is 2.39. The van der Waals surface area contributed by atoms with Gasteiger partial charge in [-0.15, -0.1) is 11.8 Å². The molecule has 2 aromatic rings. The summed E-state index contributed by atoms with van der Waals surface area (Å²) in [6.45, 7) is 2.43. The molecule has 2 bridgehead atoms. The van der Waals surface area contributed by atoms with E-state index in [1.807, 2.05) is 49.4 Å². The van der Waals surface area contributed by atoms with Crippen molar-refractivity contribution in [2.45, 2.75) is 42.2 Å². The van der Waals surface area contributed by atoms with Crippen molar-refractivity contribution in [1.82, 2.24) is 10.2 Å². The highest BCUT2D eigenvalue weighted by atomic mass is 32.2. The Kier molecular flexibility index (Phi) is 5.82. The summed E-state index contributed by atoms with van der Waals surface area (Å²) in [6.07, 6.45) is 2.35. The van der Waals surface area contributed by atoms with Crippen molar-refractivity contribution in [3.05, 3.63) is 42.5 Å². The topological polar surface area (TPSA) is 98.7 Å². The van der Waals surface area contributed by atoms with Gasteiger partial charge >= 0.3 is 0 Å². The molecule has 0 radical (unpaired) electrons. The molecule has 3 fully saturated rings. The molecule has 33 heavy (non-hydrogen) atoms. The smallest absolute Gasteiger partial charge is 0.248 e. The summed E-state index contributed by atoms with van der Waals surface area (Å²) in [5.41, 5.74) is 0.671. The number of carbonyl (C=O) groups is 3. The van der Waals surface area contributed by atoms with Gasteiger partial charge in [0.25, 0.3) is 0 Å². The molecule has 2 unspecified atom stereocenters. The van der Waals surface area contributed by atoms with E-state index in [4.69, 9.17) is 0 Å². The molecule has 3 N–H and O–H groups in total. The molecule has 174 valence electrons. The Balaban J connectivity index is 1.46. The van der Waals surface area contributed by atoms with Gasteiger partial charge in [-0.2, -0.15) is 0 Å². The van der Waals surface area contributed by atoms with Crippen LogP contribution in [-0.2, 0) is 14.4 Å². The Bertz CT molecular complexity index is 1110. The first kappa shape index (κ1) is 22.2. The van der Waals surface area contributed by atoms with Crippen molar-refractivity contribution in [3.8, 4) is 0 Å². The molecule has 0 aromatic heterocycles. The number of amides is 3. The van der Waals surface area contributed by atoms with Crippen LogP contribution < -0.4 is 10.6 Å². The molecular formula is C25H29N3O4S. The van der Waals surface area contributed by atoms with Crippen molar-refractivity contribution in [1.29, 1.82) is 0 Å². The number of β-amino-alcohol motifs (C(OH)–C–C–N with tert-alkyl or cyclic N) is 1. The summed E-state index contributed by atoms with van der Waals surface area (Å²) in [6, 6.07) is 13.0. The Morgan fingerprint density at radius 3 is 2.73 bits per heavy atom. The van der Waals surface area contributed by atoms with E-state index in [1.165, 1.54) is 4.90 Å². The van der Waals surface area contributed by atoms with E-state index in [0.717, 1.165) is 23.6 Å². The fourth-order valence-electron chi connectivity index (χ4n) is 5.95. The number of aliphatic hydroxyl groups excluding tert-OH is 1. The van der Waals surface area contributed by atoms with E-state index < -0.39 is 22.6 Å². The zero-order valence-electron chi connectivity index (χ0n) is 18.6. The van der Waals surface area contributed by atoms with Crippen LogP contribution in [0.3, 0.4) is 0 Å². The summed E-state index contributed by atoms with van der Waals surface area (Å²) >= 11 is 1.64. The highest BCUT2D eigenvalue weighted by molar-refractivity contribution is 8.02. The van der Waals surface area contributed by atoms with Crippen molar-refractivity contribution >= 4 is 45.9 Å². The van der Waals surface area contributed by atoms with Crippen molar-refractivity contribution < 1.29 is 19.5 Å². The van der Waals surface area contributed by atoms with Crippen LogP contribution in [0.4, 0.5) is 5.69 Å². The largest absolute Gasteiger partial charge is 0.395 e. The van der Waals surface area contributed by atoms with Gasteiger partial charge in [-0.05, 0) is 42.2 Å². The zero-order valence-corrected chi connectivity index (χ0v) is 19.4. The molecule has 3 aliphatic heterocycles. The van der Waals surface area contributed by atoms with Crippen molar-refractivity contribution in [2.24, 2.45) is 11.8 Å². The van der Waals surface area contributed by atoms with E-state index in [0.29, 0.717) is 18.7 Å². The molecule has 7 nitrogen and oxygen atoms in total. The normalized spacial score (nSPS) is 30.0. The van der Waals surface area contributed by atoms with Gasteiger partial charge in [-0.25, -0.2) is 0 Å². The second-order valence-electron chi connectivity index (χ2n) is 9.15. The van der Waals surface area contributed by atoms with E-state index in [1.54, 1.807) is 11.8 Å². The number of likely N-dealkylation sites (tertiary alicyclic amines) is 1. The molecule has 3 saturated heterocycles. The number of nitrogens with one attached hydrogen (secondary N) is 2. The third-order valence-corrected chi connectivity index (χ3v) is 9.21. The standard InChI is InChI=1S/C25H29N3O4S/c1-2-11-26-22(30)19-18-9-10-25(33-18)20(19)24(32)28(12-13-29)21(25)23(31)27-17-8-7-15-5-3-4-6-16(15)14-17/h3-8,14,18-21,29H,2,9-13H2,1H3,(H,26,30)(H,27,31)/t18-,19+,20+,21?,25?/m1/s1. The predicted molar refractivity (Wildman–Crippen MR) is 129 cm³/mol. The number of carbonyl (C=O) groups excluding carboxylic acids is 3. The van der Waals surface area contributed by atoms with Gasteiger partial charge in [0.15, 0.2) is 0 Å². The van der Waals surface area contributed by atoms with Gasteiger partial charge in [-0.1, -0.05) is 37.3 Å². The summed E-state index contributed by atoms with van der Waals surface area (Å²) in [5.74, 6) is -1.49. The van der Waals surface area contributed by atoms with Crippen LogP contribution in [0.25, 0.3) is 10.8 Å². The maximum absolute atomic E-state index is 13.7. The third kappa shape index (κ3) is 3.51. The number of hydrogen-bond acceptors (Lipinski definition) is 5. The number of benzene rings is 2. The minimum Gasteiger partial charge on any atom is -0.395 e. The van der Waals surface area contributed by atoms with Gasteiger partial charge in [0, 0.05) is 24.0 Å². The van der Waals surface area contributed by atoms with Gasteiger partial charge < -0.3 is 20.6 Å². The van der Waals surface area contributed by atoms with Gasteiger partial charge in [-0.3, -0.25) is 14.4 Å². The average Bonchev–Trinajstić information content (AvgIpc) is 3.45. The molecular weight excluding hydrogens is 438 g/mol. The Labute approximate surface area is 197 Å². The lowest BCUT2D eigenvalue weighted by atomic mass is 9.70. The lowest BCUT2D eigenvalue weighted by Crippen LogP contribution is -2.52. The highest BCUT2D eigenvalue weighted by Crippen LogP contribution is 2.66. The van der Waals surface area contributed by atoms with E-state index in [-0.39, 0.29) is 36.1 Å². The van der Waals surface area contributed by atoms with Crippen LogP contribution in [0.5, 0.6) is 0 Å². The highest BCUT2D eigenvalue weighted by Gasteiger charge is 2.73. The Morgan fingerprint density at radius 2 is 1.97 bits per heavy atom. The van der Waals surface area contributed by atoms with Crippen molar-refractivity contribution in [3.63, 3.8) is 0 Å². The third-order valence-electron chi connectivity index (χ3n) is 7.26. The second-order valence-corrected chi connectivity index (χ2v) is 10.8. The van der Waals surface area contributed by atoms with Gasteiger partial charge in [0.05, 0.1) is 23.2 Å². The lowest BCUT2D eigenvalue weighted by Gasteiger charge is -2.34. The number of hydrogen-bond donors (Lipinski definition) is 3. The first-order chi connectivity index (χ1) is 16.0. The Morgan fingerprint density at radius 1 is 1.18 bits per heavy atom. The summed E-state index contributed by atoms with van der Waals surface area (Å²) in [7, 11) is 0. The number of rotatable bonds is 7. The summed E-state index contributed by atoms with van der Waals surface area (Å²) in [4.78, 5) is 41.7. The van der Waals surface area contributed by atoms with Crippen LogP contribution in [-0.4, -0.2) is 63.5 Å². The van der Waals surface area contributed by atoms with E-state index in [9.17, 15) is 19.5 Å².